The largest absolute Gasteiger partial charge is 0.382 e. The van der Waals surface area contributed by atoms with Gasteiger partial charge in [0, 0.05) is 21.1 Å². The van der Waals surface area contributed by atoms with Crippen molar-refractivity contribution >= 4 is 45.7 Å². The highest BCUT2D eigenvalue weighted by molar-refractivity contribution is 7.87. The standard InChI is InChI=1S/C9H15ClN8O3S/c1-12-8-6(10)15-5(7(11)16-8)9(19)13-4-14-17-22(20,21)18(2)3/h4,17H,1-3H3,(H3,11,12,16)(H,13,14,19). The number of halogens is 1. The molecule has 11 nitrogen and oxygen atoms in total. The van der Waals surface area contributed by atoms with Crippen LogP contribution >= 0.6 is 11.6 Å². The Labute approximate surface area is 132 Å². The fraction of sp³-hybridized carbons (Fsp3) is 0.333. The van der Waals surface area contributed by atoms with Crippen LogP contribution in [0.3, 0.4) is 0 Å². The monoisotopic (exact) mass is 350 g/mol. The Morgan fingerprint density at radius 1 is 1.41 bits per heavy atom. The summed E-state index contributed by atoms with van der Waals surface area (Å²) >= 11 is 5.80. The Morgan fingerprint density at radius 2 is 2.05 bits per heavy atom. The summed E-state index contributed by atoms with van der Waals surface area (Å²) in [6.45, 7) is 0. The molecular formula is C9H15ClN8O3S. The van der Waals surface area contributed by atoms with Crippen molar-refractivity contribution in [2.45, 2.75) is 0 Å². The number of anilines is 2. The zero-order valence-corrected chi connectivity index (χ0v) is 13.5. The van der Waals surface area contributed by atoms with Crippen molar-refractivity contribution in [1.82, 2.24) is 24.4 Å². The van der Waals surface area contributed by atoms with Crippen LogP contribution in [-0.2, 0) is 10.2 Å². The van der Waals surface area contributed by atoms with E-state index in [4.69, 9.17) is 17.3 Å². The second-order valence-corrected chi connectivity index (χ2v) is 6.18. The number of nitrogen functional groups attached to an aromatic ring is 1. The number of nitrogens with one attached hydrogen (secondary N) is 3. The van der Waals surface area contributed by atoms with Gasteiger partial charge in [0.15, 0.2) is 22.5 Å². The third-order valence-electron chi connectivity index (χ3n) is 2.24. The minimum absolute atomic E-state index is 0.0351. The number of carbonyl (C=O) groups excluding carboxylic acids is 1. The van der Waals surface area contributed by atoms with E-state index >= 15 is 0 Å². The predicted molar refractivity (Wildman–Crippen MR) is 82.7 cm³/mol. The van der Waals surface area contributed by atoms with E-state index in [1.54, 1.807) is 7.05 Å². The van der Waals surface area contributed by atoms with Crippen LogP contribution in [-0.4, -0.2) is 56.1 Å². The molecule has 0 atom stereocenters. The molecule has 0 unspecified atom stereocenters. The smallest absolute Gasteiger partial charge is 0.316 e. The quantitative estimate of drug-likeness (QED) is 0.286. The Kier molecular flexibility index (Phi) is 5.84. The Morgan fingerprint density at radius 3 is 2.59 bits per heavy atom. The number of hydrogen-bond donors (Lipinski definition) is 4. The summed E-state index contributed by atoms with van der Waals surface area (Å²) in [4.78, 5) is 21.3. The second-order valence-electron chi connectivity index (χ2n) is 3.96. The summed E-state index contributed by atoms with van der Waals surface area (Å²) in [5.41, 5.74) is 5.37. The van der Waals surface area contributed by atoms with Crippen molar-refractivity contribution in [2.24, 2.45) is 5.10 Å². The van der Waals surface area contributed by atoms with Crippen LogP contribution in [0.2, 0.25) is 5.15 Å². The number of nitrogens with zero attached hydrogens (tertiary/aromatic N) is 4. The molecule has 1 heterocycles. The Balaban J connectivity index is 2.77. The summed E-state index contributed by atoms with van der Waals surface area (Å²) in [6.07, 6.45) is 0.838. The molecule has 0 aliphatic carbocycles. The molecule has 1 rings (SSSR count). The minimum Gasteiger partial charge on any atom is -0.382 e. The second kappa shape index (κ2) is 7.20. The first kappa shape index (κ1) is 17.9. The summed E-state index contributed by atoms with van der Waals surface area (Å²) in [7, 11) is 0.470. The highest BCUT2D eigenvalue weighted by atomic mass is 35.5. The topological polar surface area (TPSA) is 155 Å². The highest BCUT2D eigenvalue weighted by Crippen LogP contribution is 2.19. The van der Waals surface area contributed by atoms with Crippen molar-refractivity contribution in [3.8, 4) is 0 Å². The summed E-state index contributed by atoms with van der Waals surface area (Å²) in [5.74, 6) is -0.668. The molecule has 22 heavy (non-hydrogen) atoms. The van der Waals surface area contributed by atoms with Gasteiger partial charge >= 0.3 is 10.2 Å². The van der Waals surface area contributed by atoms with Crippen LogP contribution in [0.1, 0.15) is 10.5 Å². The number of hydrogen-bond acceptors (Lipinski definition) is 8. The maximum atomic E-state index is 11.8. The molecule has 5 N–H and O–H groups in total. The molecule has 0 fully saturated rings. The predicted octanol–water partition coefficient (Wildman–Crippen LogP) is -1.18. The van der Waals surface area contributed by atoms with Gasteiger partial charge < -0.3 is 16.4 Å². The molecular weight excluding hydrogens is 336 g/mol. The van der Waals surface area contributed by atoms with Gasteiger partial charge in [0.2, 0.25) is 0 Å². The third kappa shape index (κ3) is 4.41. The molecule has 0 saturated carbocycles. The number of rotatable bonds is 6. The molecule has 13 heteroatoms. The van der Waals surface area contributed by atoms with Crippen LogP contribution in [0, 0.1) is 0 Å². The zero-order valence-electron chi connectivity index (χ0n) is 12.0. The zero-order chi connectivity index (χ0) is 16.9. The number of nitrogens with two attached hydrogens (primary N) is 1. The highest BCUT2D eigenvalue weighted by Gasteiger charge is 2.16. The van der Waals surface area contributed by atoms with E-state index in [1.807, 2.05) is 4.83 Å². The van der Waals surface area contributed by atoms with Gasteiger partial charge in [-0.25, -0.2) is 9.97 Å². The van der Waals surface area contributed by atoms with Crippen LogP contribution in [0.25, 0.3) is 0 Å². The SMILES string of the molecule is CNc1nc(N)c(C(=O)N/C=N/NS(=O)(=O)N(C)C)nc1Cl. The lowest BCUT2D eigenvalue weighted by Crippen LogP contribution is -2.33. The van der Waals surface area contributed by atoms with Crippen molar-refractivity contribution in [2.75, 3.05) is 32.2 Å². The Hall–Kier alpha value is -2.18. The average molecular weight is 351 g/mol. The van der Waals surface area contributed by atoms with Gasteiger partial charge in [-0.2, -0.15) is 22.7 Å². The van der Waals surface area contributed by atoms with Gasteiger partial charge in [-0.1, -0.05) is 11.6 Å². The third-order valence-corrected chi connectivity index (χ3v) is 3.80. The molecule has 0 radical (unpaired) electrons. The van der Waals surface area contributed by atoms with E-state index in [0.29, 0.717) is 0 Å². The summed E-state index contributed by atoms with van der Waals surface area (Å²) < 4.78 is 23.6. The molecule has 1 aromatic rings. The lowest BCUT2D eigenvalue weighted by Gasteiger charge is -2.09. The molecule has 0 bridgehead atoms. The van der Waals surface area contributed by atoms with E-state index in [2.05, 4.69) is 25.7 Å². The molecule has 0 aliphatic rings. The number of aromatic nitrogens is 2. The van der Waals surface area contributed by atoms with E-state index in [1.165, 1.54) is 14.1 Å². The first-order valence-corrected chi connectivity index (χ1v) is 7.53. The van der Waals surface area contributed by atoms with Crippen LogP contribution < -0.4 is 21.2 Å². The Bertz CT molecular complexity index is 690. The molecule has 1 amide bonds. The van der Waals surface area contributed by atoms with Crippen molar-refractivity contribution in [3.63, 3.8) is 0 Å². The van der Waals surface area contributed by atoms with E-state index in [9.17, 15) is 13.2 Å². The van der Waals surface area contributed by atoms with Gasteiger partial charge in [-0.15, -0.1) is 0 Å². The molecule has 0 spiro atoms. The number of hydrazone groups is 1. The average Bonchev–Trinajstić information content (AvgIpc) is 2.45. The summed E-state index contributed by atoms with van der Waals surface area (Å²) in [5, 5.41) is 8.14. The first-order chi connectivity index (χ1) is 10.2. The first-order valence-electron chi connectivity index (χ1n) is 5.71. The van der Waals surface area contributed by atoms with Crippen molar-refractivity contribution in [1.29, 1.82) is 0 Å². The van der Waals surface area contributed by atoms with Gasteiger partial charge in [-0.05, 0) is 0 Å². The van der Waals surface area contributed by atoms with Gasteiger partial charge in [0.05, 0.1) is 0 Å². The van der Waals surface area contributed by atoms with Gasteiger partial charge in [0.25, 0.3) is 5.91 Å². The molecule has 0 aliphatic heterocycles. The lowest BCUT2D eigenvalue weighted by atomic mass is 10.4. The number of amides is 1. The molecule has 122 valence electrons. The van der Waals surface area contributed by atoms with E-state index < -0.39 is 16.1 Å². The fourth-order valence-corrected chi connectivity index (χ4v) is 1.66. The van der Waals surface area contributed by atoms with Gasteiger partial charge in [0.1, 0.15) is 6.34 Å². The van der Waals surface area contributed by atoms with E-state index in [0.717, 1.165) is 10.6 Å². The van der Waals surface area contributed by atoms with E-state index in [-0.39, 0.29) is 22.5 Å². The van der Waals surface area contributed by atoms with Gasteiger partial charge in [-0.3, -0.25) is 4.79 Å². The molecule has 1 aromatic heterocycles. The number of carbonyl (C=O) groups is 1. The lowest BCUT2D eigenvalue weighted by molar-refractivity contribution is 0.0974. The summed E-state index contributed by atoms with van der Waals surface area (Å²) in [6, 6.07) is 0. The van der Waals surface area contributed by atoms with Crippen LogP contribution in [0.4, 0.5) is 11.6 Å². The van der Waals surface area contributed by atoms with Crippen LogP contribution in [0.15, 0.2) is 5.10 Å². The molecule has 0 saturated heterocycles. The van der Waals surface area contributed by atoms with Crippen molar-refractivity contribution in [3.05, 3.63) is 10.8 Å². The van der Waals surface area contributed by atoms with Crippen LogP contribution in [0.5, 0.6) is 0 Å². The normalized spacial score (nSPS) is 11.7. The maximum Gasteiger partial charge on any atom is 0.316 e. The maximum absolute atomic E-state index is 11.8. The minimum atomic E-state index is -3.73. The fourth-order valence-electron chi connectivity index (χ4n) is 1.09. The van der Waals surface area contributed by atoms with Crippen molar-refractivity contribution < 1.29 is 13.2 Å². The molecule has 0 aromatic carbocycles.